The average Bonchev–Trinajstić information content (AvgIpc) is 2.91. The van der Waals surface area contributed by atoms with E-state index in [1.165, 1.54) is 4.88 Å². The maximum atomic E-state index is 9.51. The summed E-state index contributed by atoms with van der Waals surface area (Å²) in [5.41, 5.74) is -0.322. The Kier molecular flexibility index (Phi) is 4.98. The third kappa shape index (κ3) is 4.04. The fourth-order valence-electron chi connectivity index (χ4n) is 2.63. The molecule has 104 valence electrons. The molecule has 0 bridgehead atoms. The van der Waals surface area contributed by atoms with Gasteiger partial charge in [-0.25, -0.2) is 0 Å². The highest BCUT2D eigenvalue weighted by atomic mass is 32.1. The second-order valence-corrected chi connectivity index (χ2v) is 6.85. The van der Waals surface area contributed by atoms with Crippen LogP contribution in [0.25, 0.3) is 0 Å². The molecule has 1 aromatic rings. The first-order valence-electron chi connectivity index (χ1n) is 7.04. The van der Waals surface area contributed by atoms with Gasteiger partial charge in [0.25, 0.3) is 0 Å². The topological polar surface area (TPSA) is 39.1 Å². The number of nitrogens with zero attached hydrogens (tertiary/aromatic N) is 2. The summed E-state index contributed by atoms with van der Waals surface area (Å²) in [6.45, 7) is 8.52. The van der Waals surface area contributed by atoms with E-state index in [4.69, 9.17) is 0 Å². The molecule has 1 fully saturated rings. The smallest absolute Gasteiger partial charge is 0.109 e. The Hall–Kier alpha value is -0.890. The van der Waals surface area contributed by atoms with Crippen molar-refractivity contribution in [1.29, 1.82) is 5.26 Å². The minimum Gasteiger partial charge on any atom is -0.303 e. The van der Waals surface area contributed by atoms with Gasteiger partial charge in [-0.3, -0.25) is 5.32 Å². The number of thiophene rings is 1. The van der Waals surface area contributed by atoms with Gasteiger partial charge in [-0.1, -0.05) is 19.9 Å². The van der Waals surface area contributed by atoms with Gasteiger partial charge in [0.1, 0.15) is 5.54 Å². The van der Waals surface area contributed by atoms with E-state index in [1.807, 2.05) is 0 Å². The highest BCUT2D eigenvalue weighted by Gasteiger charge is 2.34. The van der Waals surface area contributed by atoms with Crippen LogP contribution in [0.3, 0.4) is 0 Å². The molecular formula is C15H23N3S. The molecule has 0 saturated carbocycles. The summed E-state index contributed by atoms with van der Waals surface area (Å²) in [5.74, 6) is 0.702. The molecule has 2 heterocycles. The molecule has 0 radical (unpaired) electrons. The number of likely N-dealkylation sites (tertiary alicyclic amines) is 1. The van der Waals surface area contributed by atoms with Crippen molar-refractivity contribution in [3.63, 3.8) is 0 Å². The summed E-state index contributed by atoms with van der Waals surface area (Å²) < 4.78 is 0. The molecule has 1 N–H and O–H groups in total. The fraction of sp³-hybridized carbons (Fsp3) is 0.667. The lowest BCUT2D eigenvalue weighted by atomic mass is 9.88. The van der Waals surface area contributed by atoms with Gasteiger partial charge in [0.15, 0.2) is 0 Å². The van der Waals surface area contributed by atoms with Crippen molar-refractivity contribution < 1.29 is 0 Å². The number of nitriles is 1. The van der Waals surface area contributed by atoms with Crippen molar-refractivity contribution in [2.75, 3.05) is 19.6 Å². The summed E-state index contributed by atoms with van der Waals surface area (Å²) in [5, 5.41) is 15.1. The van der Waals surface area contributed by atoms with Gasteiger partial charge in [-0.15, -0.1) is 11.3 Å². The van der Waals surface area contributed by atoms with Crippen molar-refractivity contribution in [2.24, 2.45) is 5.92 Å². The van der Waals surface area contributed by atoms with Crippen molar-refractivity contribution >= 4 is 11.3 Å². The molecule has 1 saturated heterocycles. The van der Waals surface area contributed by atoms with Crippen LogP contribution in [0.4, 0.5) is 0 Å². The summed E-state index contributed by atoms with van der Waals surface area (Å²) in [7, 11) is 0. The van der Waals surface area contributed by atoms with E-state index in [1.54, 1.807) is 11.3 Å². The van der Waals surface area contributed by atoms with Gasteiger partial charge in [-0.2, -0.15) is 5.26 Å². The Morgan fingerprint density at radius 1 is 1.47 bits per heavy atom. The van der Waals surface area contributed by atoms with Crippen LogP contribution in [-0.4, -0.2) is 30.1 Å². The average molecular weight is 277 g/mol. The fourth-order valence-corrected chi connectivity index (χ4v) is 3.28. The minimum atomic E-state index is -0.322. The highest BCUT2D eigenvalue weighted by molar-refractivity contribution is 7.09. The zero-order chi connectivity index (χ0) is 13.7. The van der Waals surface area contributed by atoms with Gasteiger partial charge in [0.2, 0.25) is 0 Å². The van der Waals surface area contributed by atoms with Gasteiger partial charge < -0.3 is 4.90 Å². The molecule has 0 aliphatic carbocycles. The molecule has 4 heteroatoms. The van der Waals surface area contributed by atoms with Crippen molar-refractivity contribution in [3.8, 4) is 6.07 Å². The molecule has 0 spiro atoms. The predicted molar refractivity (Wildman–Crippen MR) is 80.0 cm³/mol. The molecule has 19 heavy (non-hydrogen) atoms. The number of nitrogens with one attached hydrogen (secondary N) is 1. The lowest BCUT2D eigenvalue weighted by molar-refractivity contribution is 0.152. The molecule has 0 aromatic carbocycles. The van der Waals surface area contributed by atoms with Crippen LogP contribution < -0.4 is 5.32 Å². The van der Waals surface area contributed by atoms with E-state index in [9.17, 15) is 5.26 Å². The second-order valence-electron chi connectivity index (χ2n) is 5.82. The van der Waals surface area contributed by atoms with Crippen molar-refractivity contribution in [3.05, 3.63) is 22.4 Å². The monoisotopic (exact) mass is 277 g/mol. The first-order valence-corrected chi connectivity index (χ1v) is 7.92. The quantitative estimate of drug-likeness (QED) is 0.899. The van der Waals surface area contributed by atoms with E-state index >= 15 is 0 Å². The molecule has 3 nitrogen and oxygen atoms in total. The Morgan fingerprint density at radius 2 is 2.21 bits per heavy atom. The Morgan fingerprint density at radius 3 is 2.74 bits per heavy atom. The summed E-state index contributed by atoms with van der Waals surface area (Å²) >= 11 is 1.75. The first-order chi connectivity index (χ1) is 9.13. The SMILES string of the molecule is CC(C)CN1CCC(C#N)(NCc2cccs2)CC1. The Labute approximate surface area is 120 Å². The molecule has 1 aliphatic rings. The van der Waals surface area contributed by atoms with Crippen LogP contribution in [0.5, 0.6) is 0 Å². The van der Waals surface area contributed by atoms with E-state index < -0.39 is 0 Å². The standard InChI is InChI=1S/C15H23N3S/c1-13(2)11-18-7-5-15(12-16,6-8-18)17-10-14-4-3-9-19-14/h3-4,9,13,17H,5-8,10-11H2,1-2H3. The molecule has 0 atom stereocenters. The van der Waals surface area contributed by atoms with Crippen molar-refractivity contribution in [2.45, 2.75) is 38.8 Å². The highest BCUT2D eigenvalue weighted by Crippen LogP contribution is 2.23. The van der Waals surface area contributed by atoms with Gasteiger partial charge in [0.05, 0.1) is 6.07 Å². The largest absolute Gasteiger partial charge is 0.303 e. The Bertz CT molecular complexity index is 411. The van der Waals surface area contributed by atoms with E-state index in [0.29, 0.717) is 5.92 Å². The van der Waals surface area contributed by atoms with Crippen LogP contribution in [0.2, 0.25) is 0 Å². The van der Waals surface area contributed by atoms with Gasteiger partial charge >= 0.3 is 0 Å². The third-order valence-electron chi connectivity index (χ3n) is 3.73. The van der Waals surface area contributed by atoms with Crippen LogP contribution in [0.15, 0.2) is 17.5 Å². The molecule has 1 aliphatic heterocycles. The van der Waals surface area contributed by atoms with E-state index in [2.05, 4.69) is 47.6 Å². The van der Waals surface area contributed by atoms with Crippen LogP contribution in [0.1, 0.15) is 31.6 Å². The van der Waals surface area contributed by atoms with E-state index in [0.717, 1.165) is 39.0 Å². The molecular weight excluding hydrogens is 254 g/mol. The summed E-state index contributed by atoms with van der Waals surface area (Å²) in [4.78, 5) is 3.78. The normalized spacial score (nSPS) is 19.5. The zero-order valence-electron chi connectivity index (χ0n) is 11.9. The van der Waals surface area contributed by atoms with Crippen molar-refractivity contribution in [1.82, 2.24) is 10.2 Å². The third-order valence-corrected chi connectivity index (χ3v) is 4.60. The predicted octanol–water partition coefficient (Wildman–Crippen LogP) is 2.85. The molecule has 0 amide bonds. The first kappa shape index (κ1) is 14.5. The summed E-state index contributed by atoms with van der Waals surface area (Å²) in [6.07, 6.45) is 1.86. The second kappa shape index (κ2) is 6.51. The van der Waals surface area contributed by atoms with Gasteiger partial charge in [-0.05, 0) is 30.2 Å². The maximum Gasteiger partial charge on any atom is 0.109 e. The number of hydrogen-bond acceptors (Lipinski definition) is 4. The molecule has 0 unspecified atom stereocenters. The van der Waals surface area contributed by atoms with Crippen LogP contribution in [-0.2, 0) is 6.54 Å². The number of piperidine rings is 1. The maximum absolute atomic E-state index is 9.51. The Balaban J connectivity index is 1.85. The van der Waals surface area contributed by atoms with Gasteiger partial charge in [0, 0.05) is 31.1 Å². The van der Waals surface area contributed by atoms with Crippen LogP contribution >= 0.6 is 11.3 Å². The zero-order valence-corrected chi connectivity index (χ0v) is 12.7. The number of hydrogen-bond donors (Lipinski definition) is 1. The molecule has 2 rings (SSSR count). The van der Waals surface area contributed by atoms with Crippen LogP contribution in [0, 0.1) is 17.2 Å². The summed E-state index contributed by atoms with van der Waals surface area (Å²) in [6, 6.07) is 6.70. The lowest BCUT2D eigenvalue weighted by Crippen LogP contribution is -2.52. The number of rotatable bonds is 5. The molecule has 1 aromatic heterocycles. The lowest BCUT2D eigenvalue weighted by Gasteiger charge is -2.38. The van der Waals surface area contributed by atoms with E-state index in [-0.39, 0.29) is 5.54 Å². The minimum absolute atomic E-state index is 0.322.